The lowest BCUT2D eigenvalue weighted by Crippen LogP contribution is -2.68. The highest BCUT2D eigenvalue weighted by Gasteiger charge is 2.43. The highest BCUT2D eigenvalue weighted by Crippen LogP contribution is 2.39. The number of piperidine rings is 1. The summed E-state index contributed by atoms with van der Waals surface area (Å²) in [5.41, 5.74) is 5.61. The number of nitrogens with one attached hydrogen (secondary N) is 1. The summed E-state index contributed by atoms with van der Waals surface area (Å²) in [6.07, 6.45) is 4.77. The molecule has 9 nitrogen and oxygen atoms in total. The normalized spacial score (nSPS) is 20.1. The molecule has 4 aromatic rings. The fraction of sp³-hybridized carbons (Fsp3) is 0.429. The van der Waals surface area contributed by atoms with Gasteiger partial charge in [-0.2, -0.15) is 15.3 Å². The van der Waals surface area contributed by atoms with E-state index >= 15 is 0 Å². The molecule has 6 heterocycles. The number of methoxy groups -OCH3 is 1. The van der Waals surface area contributed by atoms with Crippen LogP contribution >= 0.6 is 0 Å². The number of hydrogen-bond donors (Lipinski definition) is 1. The maximum Gasteiger partial charge on any atom is 0.162 e. The van der Waals surface area contributed by atoms with E-state index in [1.165, 1.54) is 6.42 Å². The molecule has 3 fully saturated rings. The number of aryl methyl sites for hydroxylation is 2. The van der Waals surface area contributed by atoms with Gasteiger partial charge in [-0.3, -0.25) is 10.00 Å². The lowest BCUT2D eigenvalue weighted by atomic mass is 9.87. The maximum absolute atomic E-state index is 6.42. The number of pyridine rings is 1. The number of rotatable bonds is 7. The van der Waals surface area contributed by atoms with Gasteiger partial charge in [-0.25, -0.2) is 4.98 Å². The first-order chi connectivity index (χ1) is 18.0. The third kappa shape index (κ3) is 4.07. The summed E-state index contributed by atoms with van der Waals surface area (Å²) in [5.74, 6) is 2.33. The molecule has 3 atom stereocenters. The third-order valence-corrected chi connectivity index (χ3v) is 7.89. The number of aromatic nitrogens is 5. The van der Waals surface area contributed by atoms with Gasteiger partial charge in [0.25, 0.3) is 0 Å². The van der Waals surface area contributed by atoms with Crippen LogP contribution in [-0.4, -0.2) is 69.1 Å². The summed E-state index contributed by atoms with van der Waals surface area (Å²) in [6, 6.07) is 9.47. The molecule has 3 aliphatic heterocycles. The first-order valence-corrected chi connectivity index (χ1v) is 13.0. The van der Waals surface area contributed by atoms with Crippen molar-refractivity contribution >= 4 is 16.7 Å². The van der Waals surface area contributed by atoms with Crippen LogP contribution in [0, 0.1) is 13.8 Å². The molecule has 1 aromatic carbocycles. The fourth-order valence-corrected chi connectivity index (χ4v) is 6.08. The van der Waals surface area contributed by atoms with E-state index in [-0.39, 0.29) is 6.10 Å². The van der Waals surface area contributed by atoms with Crippen molar-refractivity contribution in [1.29, 1.82) is 0 Å². The van der Waals surface area contributed by atoms with Crippen molar-refractivity contribution in [2.45, 2.75) is 52.3 Å². The zero-order chi connectivity index (χ0) is 25.7. The zero-order valence-electron chi connectivity index (χ0n) is 22.0. The van der Waals surface area contributed by atoms with Crippen molar-refractivity contribution in [2.24, 2.45) is 0 Å². The van der Waals surface area contributed by atoms with Crippen molar-refractivity contribution in [3.63, 3.8) is 0 Å². The predicted octanol–water partition coefficient (Wildman–Crippen LogP) is 4.46. The Bertz CT molecular complexity index is 1400. The molecule has 3 saturated heterocycles. The molecule has 0 spiro atoms. The lowest BCUT2D eigenvalue weighted by Gasteiger charge is -2.56. The van der Waals surface area contributed by atoms with Crippen LogP contribution in [0.1, 0.15) is 43.2 Å². The minimum Gasteiger partial charge on any atom is -0.493 e. The second-order valence-electron chi connectivity index (χ2n) is 10.1. The Kier molecular flexibility index (Phi) is 5.95. The van der Waals surface area contributed by atoms with Crippen LogP contribution in [0.2, 0.25) is 0 Å². The minimum absolute atomic E-state index is 0.225. The molecule has 3 aliphatic rings. The number of likely N-dealkylation sites (N-methyl/N-ethyl adjacent to an activating group) is 1. The fourth-order valence-electron chi connectivity index (χ4n) is 6.08. The van der Waals surface area contributed by atoms with Gasteiger partial charge < -0.3 is 14.4 Å². The van der Waals surface area contributed by atoms with E-state index in [0.717, 1.165) is 64.4 Å². The summed E-state index contributed by atoms with van der Waals surface area (Å²) in [6.45, 7) is 11.5. The topological polar surface area (TPSA) is 92.3 Å². The number of ether oxygens (including phenoxy) is 2. The van der Waals surface area contributed by atoms with Gasteiger partial charge in [0.1, 0.15) is 17.6 Å². The number of fused-ring (bicyclic) bond motifs is 3. The van der Waals surface area contributed by atoms with Gasteiger partial charge in [0.2, 0.25) is 0 Å². The summed E-state index contributed by atoms with van der Waals surface area (Å²) in [4.78, 5) is 9.83. The lowest BCUT2D eigenvalue weighted by molar-refractivity contribution is 0.00438. The molecule has 37 heavy (non-hydrogen) atoms. The number of nitrogens with zero attached hydrogens (tertiary/aromatic N) is 6. The van der Waals surface area contributed by atoms with Gasteiger partial charge in [0.05, 0.1) is 24.5 Å². The molecule has 2 bridgehead atoms. The number of anilines is 1. The molecule has 0 aliphatic carbocycles. The number of benzene rings is 1. The van der Waals surface area contributed by atoms with Gasteiger partial charge in [0.15, 0.2) is 11.5 Å². The van der Waals surface area contributed by atoms with Crippen molar-refractivity contribution in [2.75, 3.05) is 31.6 Å². The van der Waals surface area contributed by atoms with Crippen molar-refractivity contribution in [3.05, 3.63) is 53.5 Å². The monoisotopic (exact) mass is 499 g/mol. The van der Waals surface area contributed by atoms with Gasteiger partial charge in [-0.05, 0) is 57.5 Å². The van der Waals surface area contributed by atoms with Crippen LogP contribution in [0.5, 0.6) is 11.5 Å². The summed E-state index contributed by atoms with van der Waals surface area (Å²) >= 11 is 0. The minimum atomic E-state index is -0.225. The Labute approximate surface area is 216 Å². The van der Waals surface area contributed by atoms with E-state index < -0.39 is 0 Å². The van der Waals surface area contributed by atoms with Crippen LogP contribution in [0.25, 0.3) is 22.2 Å². The van der Waals surface area contributed by atoms with Gasteiger partial charge in [-0.15, -0.1) is 0 Å². The first kappa shape index (κ1) is 23.7. The van der Waals surface area contributed by atoms with Crippen LogP contribution in [0.15, 0.2) is 36.7 Å². The van der Waals surface area contributed by atoms with E-state index in [9.17, 15) is 0 Å². The van der Waals surface area contributed by atoms with E-state index in [0.29, 0.717) is 23.6 Å². The average Bonchev–Trinajstić information content (AvgIpc) is 3.31. The standard InChI is InChI=1S/C28H33N7O2/c1-6-35-20-9-21(35)15-34(14-20)26-8-7-19(13-29-26)28-22-10-25(24(36-5)11-23(22)32-33-28)37-18(4)27-16(2)12-30-31-17(27)3/h7-8,10-13,18,20-21H,6,9,14-15H2,1-5H3,(H,32,33). The van der Waals surface area contributed by atoms with Gasteiger partial charge in [0, 0.05) is 53.9 Å². The molecule has 0 saturated carbocycles. The quantitative estimate of drug-likeness (QED) is 0.398. The maximum atomic E-state index is 6.42. The zero-order valence-corrected chi connectivity index (χ0v) is 22.0. The third-order valence-electron chi connectivity index (χ3n) is 7.89. The number of aromatic amines is 1. The number of piperazine rings is 1. The average molecular weight is 500 g/mol. The Hall–Kier alpha value is -3.72. The second kappa shape index (κ2) is 9.30. The SMILES string of the molecule is CCN1C2CC1CN(c1ccc(-c3n[nH]c4cc(OC)c(OC(C)c5c(C)cnnc5C)cc34)cn1)C2. The smallest absolute Gasteiger partial charge is 0.162 e. The van der Waals surface area contributed by atoms with E-state index in [1.54, 1.807) is 13.3 Å². The molecular formula is C28H33N7O2. The Balaban J connectivity index is 1.28. The molecule has 0 radical (unpaired) electrons. The first-order valence-electron chi connectivity index (χ1n) is 13.0. The highest BCUT2D eigenvalue weighted by atomic mass is 16.5. The molecule has 0 amide bonds. The van der Waals surface area contributed by atoms with Crippen LogP contribution < -0.4 is 14.4 Å². The van der Waals surface area contributed by atoms with Gasteiger partial charge >= 0.3 is 0 Å². The molecular weight excluding hydrogens is 466 g/mol. The molecule has 1 N–H and O–H groups in total. The number of hydrogen-bond acceptors (Lipinski definition) is 8. The van der Waals surface area contributed by atoms with E-state index in [2.05, 4.69) is 49.3 Å². The second-order valence-corrected chi connectivity index (χ2v) is 10.1. The molecule has 9 heteroatoms. The summed E-state index contributed by atoms with van der Waals surface area (Å²) in [7, 11) is 1.65. The molecule has 3 aromatic heterocycles. The Morgan fingerprint density at radius 3 is 2.59 bits per heavy atom. The molecule has 192 valence electrons. The number of H-pyrrole nitrogens is 1. The van der Waals surface area contributed by atoms with E-state index in [4.69, 9.17) is 14.5 Å². The van der Waals surface area contributed by atoms with Crippen molar-refractivity contribution < 1.29 is 9.47 Å². The summed E-state index contributed by atoms with van der Waals surface area (Å²) < 4.78 is 12.1. The van der Waals surface area contributed by atoms with Crippen LogP contribution in [0.3, 0.4) is 0 Å². The highest BCUT2D eigenvalue weighted by molar-refractivity contribution is 5.95. The van der Waals surface area contributed by atoms with Crippen molar-refractivity contribution in [3.8, 4) is 22.8 Å². The largest absolute Gasteiger partial charge is 0.493 e. The molecule has 3 unspecified atom stereocenters. The molecule has 7 rings (SSSR count). The Morgan fingerprint density at radius 1 is 1.11 bits per heavy atom. The van der Waals surface area contributed by atoms with Gasteiger partial charge in [-0.1, -0.05) is 6.92 Å². The van der Waals surface area contributed by atoms with Crippen LogP contribution in [0.4, 0.5) is 5.82 Å². The van der Waals surface area contributed by atoms with E-state index in [1.807, 2.05) is 39.1 Å². The van der Waals surface area contributed by atoms with Crippen LogP contribution in [-0.2, 0) is 0 Å². The van der Waals surface area contributed by atoms with Crippen molar-refractivity contribution in [1.82, 2.24) is 30.3 Å². The predicted molar refractivity (Wildman–Crippen MR) is 143 cm³/mol. The Morgan fingerprint density at radius 2 is 1.92 bits per heavy atom. The summed E-state index contributed by atoms with van der Waals surface area (Å²) in [5, 5.41) is 17.0.